The number of carbonyl (C=O) groups excluding carboxylic acids is 1. The summed E-state index contributed by atoms with van der Waals surface area (Å²) in [5.74, 6) is 0.148. The predicted octanol–water partition coefficient (Wildman–Crippen LogP) is 1.81. The van der Waals surface area contributed by atoms with Crippen LogP contribution in [0, 0.1) is 5.92 Å². The molecule has 0 spiro atoms. The van der Waals surface area contributed by atoms with Crippen LogP contribution in [0.1, 0.15) is 52.9 Å². The van der Waals surface area contributed by atoms with E-state index in [-0.39, 0.29) is 23.4 Å². The summed E-state index contributed by atoms with van der Waals surface area (Å²) in [5.41, 5.74) is 5.87. The van der Waals surface area contributed by atoms with Gasteiger partial charge in [-0.1, -0.05) is 19.8 Å². The molecule has 3 unspecified atom stereocenters. The van der Waals surface area contributed by atoms with Gasteiger partial charge in [0, 0.05) is 11.6 Å². The van der Waals surface area contributed by atoms with Crippen LogP contribution >= 0.6 is 0 Å². The van der Waals surface area contributed by atoms with Crippen molar-refractivity contribution in [2.45, 2.75) is 64.5 Å². The SMILES string of the molecule is CCC(C)NC(=O)C1CCCCC1(C)N. The number of nitrogens with one attached hydrogen (secondary N) is 1. The topological polar surface area (TPSA) is 55.1 Å². The molecule has 0 radical (unpaired) electrons. The summed E-state index contributed by atoms with van der Waals surface area (Å²) in [7, 11) is 0. The molecule has 1 saturated carbocycles. The van der Waals surface area contributed by atoms with Gasteiger partial charge >= 0.3 is 0 Å². The Morgan fingerprint density at radius 1 is 1.60 bits per heavy atom. The van der Waals surface area contributed by atoms with E-state index in [0.29, 0.717) is 0 Å². The zero-order valence-corrected chi connectivity index (χ0v) is 10.2. The first-order valence-electron chi connectivity index (χ1n) is 6.06. The molecule has 1 rings (SSSR count). The molecule has 0 heterocycles. The van der Waals surface area contributed by atoms with E-state index >= 15 is 0 Å². The molecule has 1 amide bonds. The average molecular weight is 212 g/mol. The predicted molar refractivity (Wildman–Crippen MR) is 62.4 cm³/mol. The van der Waals surface area contributed by atoms with Gasteiger partial charge < -0.3 is 11.1 Å². The summed E-state index contributed by atoms with van der Waals surface area (Å²) in [4.78, 5) is 12.0. The zero-order chi connectivity index (χ0) is 11.5. The van der Waals surface area contributed by atoms with E-state index in [1.807, 2.05) is 13.8 Å². The van der Waals surface area contributed by atoms with Crippen LogP contribution in [-0.2, 0) is 4.79 Å². The van der Waals surface area contributed by atoms with Crippen molar-refractivity contribution < 1.29 is 4.79 Å². The molecule has 1 aliphatic carbocycles. The maximum Gasteiger partial charge on any atom is 0.225 e. The third kappa shape index (κ3) is 3.20. The number of amides is 1. The molecule has 0 aromatic rings. The van der Waals surface area contributed by atoms with E-state index in [2.05, 4.69) is 12.2 Å². The highest BCUT2D eigenvalue weighted by Gasteiger charge is 2.37. The number of hydrogen-bond donors (Lipinski definition) is 2. The van der Waals surface area contributed by atoms with E-state index in [4.69, 9.17) is 5.73 Å². The van der Waals surface area contributed by atoms with E-state index in [9.17, 15) is 4.79 Å². The fourth-order valence-corrected chi connectivity index (χ4v) is 2.23. The summed E-state index contributed by atoms with van der Waals surface area (Å²) in [6.45, 7) is 6.12. The van der Waals surface area contributed by atoms with Gasteiger partial charge in [0.15, 0.2) is 0 Å². The summed E-state index contributed by atoms with van der Waals surface area (Å²) >= 11 is 0. The van der Waals surface area contributed by atoms with E-state index in [1.54, 1.807) is 0 Å². The van der Waals surface area contributed by atoms with Gasteiger partial charge in [-0.2, -0.15) is 0 Å². The lowest BCUT2D eigenvalue weighted by Crippen LogP contribution is -2.53. The van der Waals surface area contributed by atoms with Gasteiger partial charge in [0.05, 0.1) is 5.92 Å². The van der Waals surface area contributed by atoms with Gasteiger partial charge in [-0.25, -0.2) is 0 Å². The lowest BCUT2D eigenvalue weighted by molar-refractivity contribution is -0.128. The van der Waals surface area contributed by atoms with Gasteiger partial charge in [-0.15, -0.1) is 0 Å². The van der Waals surface area contributed by atoms with Crippen molar-refractivity contribution in [1.29, 1.82) is 0 Å². The molecule has 3 heteroatoms. The first-order chi connectivity index (χ1) is 6.97. The Labute approximate surface area is 92.8 Å². The van der Waals surface area contributed by atoms with Crippen molar-refractivity contribution in [2.24, 2.45) is 11.7 Å². The average Bonchev–Trinajstić information content (AvgIpc) is 2.16. The highest BCUT2D eigenvalue weighted by Crippen LogP contribution is 2.31. The monoisotopic (exact) mass is 212 g/mol. The highest BCUT2D eigenvalue weighted by atomic mass is 16.2. The first-order valence-corrected chi connectivity index (χ1v) is 6.06. The minimum atomic E-state index is -0.310. The Morgan fingerprint density at radius 3 is 2.80 bits per heavy atom. The summed E-state index contributed by atoms with van der Waals surface area (Å²) in [5, 5.41) is 3.04. The van der Waals surface area contributed by atoms with Crippen molar-refractivity contribution >= 4 is 5.91 Å². The van der Waals surface area contributed by atoms with Crippen LogP contribution in [0.5, 0.6) is 0 Å². The van der Waals surface area contributed by atoms with Gasteiger partial charge in [0.2, 0.25) is 5.91 Å². The number of nitrogens with two attached hydrogens (primary N) is 1. The standard InChI is InChI=1S/C12H24N2O/c1-4-9(2)14-11(15)10-7-5-6-8-12(10,3)13/h9-10H,4-8,13H2,1-3H3,(H,14,15). The molecular formula is C12H24N2O. The Balaban J connectivity index is 2.57. The van der Waals surface area contributed by atoms with Crippen LogP contribution in [0.4, 0.5) is 0 Å². The quantitative estimate of drug-likeness (QED) is 0.749. The van der Waals surface area contributed by atoms with Gasteiger partial charge in [0.25, 0.3) is 0 Å². The summed E-state index contributed by atoms with van der Waals surface area (Å²) in [6.07, 6.45) is 5.16. The molecule has 0 aromatic heterocycles. The van der Waals surface area contributed by atoms with Gasteiger partial charge in [-0.05, 0) is 33.1 Å². The van der Waals surface area contributed by atoms with Crippen LogP contribution in [0.25, 0.3) is 0 Å². The zero-order valence-electron chi connectivity index (χ0n) is 10.2. The minimum Gasteiger partial charge on any atom is -0.353 e. The van der Waals surface area contributed by atoms with E-state index < -0.39 is 0 Å². The summed E-state index contributed by atoms with van der Waals surface area (Å²) in [6, 6.07) is 0.259. The smallest absolute Gasteiger partial charge is 0.225 e. The largest absolute Gasteiger partial charge is 0.353 e. The molecule has 3 atom stereocenters. The van der Waals surface area contributed by atoms with Crippen LogP contribution in [0.15, 0.2) is 0 Å². The van der Waals surface area contributed by atoms with Gasteiger partial charge in [-0.3, -0.25) is 4.79 Å². The highest BCUT2D eigenvalue weighted by molar-refractivity contribution is 5.80. The lowest BCUT2D eigenvalue weighted by Gasteiger charge is -2.37. The van der Waals surface area contributed by atoms with Crippen molar-refractivity contribution in [2.75, 3.05) is 0 Å². The molecule has 0 aliphatic heterocycles. The van der Waals surface area contributed by atoms with Crippen LogP contribution < -0.4 is 11.1 Å². The van der Waals surface area contributed by atoms with E-state index in [1.165, 1.54) is 0 Å². The maximum atomic E-state index is 12.0. The fraction of sp³-hybridized carbons (Fsp3) is 0.917. The molecule has 1 fully saturated rings. The molecule has 0 bridgehead atoms. The lowest BCUT2D eigenvalue weighted by atomic mass is 9.74. The summed E-state index contributed by atoms with van der Waals surface area (Å²) < 4.78 is 0. The van der Waals surface area contributed by atoms with Crippen LogP contribution in [0.2, 0.25) is 0 Å². The first kappa shape index (κ1) is 12.5. The molecule has 3 nitrogen and oxygen atoms in total. The Bertz CT molecular complexity index is 226. The van der Waals surface area contributed by atoms with E-state index in [0.717, 1.165) is 32.1 Å². The number of rotatable bonds is 3. The number of hydrogen-bond acceptors (Lipinski definition) is 2. The second kappa shape index (κ2) is 4.97. The molecule has 1 aliphatic rings. The molecule has 0 saturated heterocycles. The van der Waals surface area contributed by atoms with Gasteiger partial charge in [0.1, 0.15) is 0 Å². The Morgan fingerprint density at radius 2 is 2.27 bits per heavy atom. The van der Waals surface area contributed by atoms with Crippen molar-refractivity contribution in [3.8, 4) is 0 Å². The van der Waals surface area contributed by atoms with Crippen molar-refractivity contribution in [1.82, 2.24) is 5.32 Å². The van der Waals surface area contributed by atoms with Crippen molar-refractivity contribution in [3.05, 3.63) is 0 Å². The molecule has 15 heavy (non-hydrogen) atoms. The van der Waals surface area contributed by atoms with Crippen LogP contribution in [-0.4, -0.2) is 17.5 Å². The Kier molecular flexibility index (Phi) is 4.14. The molecule has 88 valence electrons. The third-order valence-electron chi connectivity index (χ3n) is 3.57. The second-order valence-electron chi connectivity index (χ2n) is 5.12. The Hall–Kier alpha value is -0.570. The van der Waals surface area contributed by atoms with Crippen LogP contribution in [0.3, 0.4) is 0 Å². The molecule has 0 aromatic carbocycles. The fourth-order valence-electron chi connectivity index (χ4n) is 2.23. The third-order valence-corrected chi connectivity index (χ3v) is 3.57. The maximum absolute atomic E-state index is 12.0. The normalized spacial score (nSPS) is 33.5. The molecule has 3 N–H and O–H groups in total. The second-order valence-corrected chi connectivity index (χ2v) is 5.12. The van der Waals surface area contributed by atoms with Crippen molar-refractivity contribution in [3.63, 3.8) is 0 Å². The minimum absolute atomic E-state index is 0.000231. The molecular weight excluding hydrogens is 188 g/mol. The number of carbonyl (C=O) groups is 1.